The number of carbonyl (C=O) groups excluding carboxylic acids is 1. The van der Waals surface area contributed by atoms with Crippen LogP contribution in [0.15, 0.2) is 12.7 Å². The van der Waals surface area contributed by atoms with Crippen LogP contribution in [0.4, 0.5) is 5.82 Å². The van der Waals surface area contributed by atoms with Crippen LogP contribution in [0.2, 0.25) is 0 Å². The lowest BCUT2D eigenvalue weighted by atomic mass is 9.91. The summed E-state index contributed by atoms with van der Waals surface area (Å²) in [5, 5.41) is 19.7. The van der Waals surface area contributed by atoms with Crippen molar-refractivity contribution >= 4 is 22.8 Å². The molecule has 3 heterocycles. The molecule has 0 amide bonds. The van der Waals surface area contributed by atoms with Gasteiger partial charge < -0.3 is 20.7 Å². The van der Waals surface area contributed by atoms with E-state index in [0.717, 1.165) is 0 Å². The summed E-state index contributed by atoms with van der Waals surface area (Å²) in [7, 11) is 0. The Balaban J connectivity index is 2.01. The Morgan fingerprint density at radius 1 is 1.57 bits per heavy atom. The molecule has 3 atom stereocenters. The van der Waals surface area contributed by atoms with Gasteiger partial charge in [0.2, 0.25) is 0 Å². The lowest BCUT2D eigenvalue weighted by molar-refractivity contribution is -0.144. The van der Waals surface area contributed by atoms with Crippen molar-refractivity contribution in [2.45, 2.75) is 31.3 Å². The van der Waals surface area contributed by atoms with E-state index in [1.54, 1.807) is 4.57 Å². The van der Waals surface area contributed by atoms with Gasteiger partial charge in [0.25, 0.3) is 0 Å². The highest BCUT2D eigenvalue weighted by Gasteiger charge is 2.51. The normalized spacial score (nSPS) is 29.1. The molecule has 3 rings (SSSR count). The van der Waals surface area contributed by atoms with E-state index in [0.29, 0.717) is 11.2 Å². The van der Waals surface area contributed by atoms with Crippen molar-refractivity contribution < 1.29 is 19.7 Å². The lowest BCUT2D eigenvalue weighted by Gasteiger charge is -2.23. The number of aliphatic hydroxyl groups excluding tert-OH is 1. The third-order valence-corrected chi connectivity index (χ3v) is 3.81. The number of aromatic nitrogens is 4. The summed E-state index contributed by atoms with van der Waals surface area (Å²) in [6.45, 7) is 0.802. The van der Waals surface area contributed by atoms with Gasteiger partial charge in [-0.1, -0.05) is 0 Å². The molecule has 112 valence electrons. The summed E-state index contributed by atoms with van der Waals surface area (Å²) >= 11 is 0. The van der Waals surface area contributed by atoms with Crippen LogP contribution in [0.25, 0.3) is 11.2 Å². The molecule has 1 aliphatic heterocycles. The zero-order valence-corrected chi connectivity index (χ0v) is 11.3. The van der Waals surface area contributed by atoms with Gasteiger partial charge in [-0.15, -0.1) is 0 Å². The molecule has 1 fully saturated rings. The monoisotopic (exact) mass is 293 g/mol. The van der Waals surface area contributed by atoms with Gasteiger partial charge in [0.05, 0.1) is 12.9 Å². The van der Waals surface area contributed by atoms with E-state index in [1.165, 1.54) is 19.6 Å². The highest BCUT2D eigenvalue weighted by atomic mass is 16.5. The molecule has 2 aromatic heterocycles. The van der Waals surface area contributed by atoms with E-state index in [4.69, 9.17) is 10.5 Å². The number of hydrogen-bond donors (Lipinski definition) is 3. The second-order valence-electron chi connectivity index (χ2n) is 5.03. The van der Waals surface area contributed by atoms with Crippen LogP contribution in [0, 0.1) is 0 Å². The first-order valence-corrected chi connectivity index (χ1v) is 6.40. The van der Waals surface area contributed by atoms with Gasteiger partial charge in [0, 0.05) is 6.42 Å². The molecule has 0 bridgehead atoms. The number of Topliss-reactive ketones (excluding diaryl/α,β-unsaturated/α-hetero) is 1. The second kappa shape index (κ2) is 4.72. The highest BCUT2D eigenvalue weighted by Crippen LogP contribution is 2.38. The summed E-state index contributed by atoms with van der Waals surface area (Å²) in [4.78, 5) is 23.7. The summed E-state index contributed by atoms with van der Waals surface area (Å²) in [5.41, 5.74) is 4.84. The van der Waals surface area contributed by atoms with Crippen LogP contribution in [0.5, 0.6) is 0 Å². The van der Waals surface area contributed by atoms with Crippen LogP contribution in [-0.2, 0) is 9.53 Å². The zero-order valence-electron chi connectivity index (χ0n) is 11.3. The van der Waals surface area contributed by atoms with Crippen LogP contribution in [-0.4, -0.2) is 53.8 Å². The molecule has 4 N–H and O–H groups in total. The van der Waals surface area contributed by atoms with Crippen molar-refractivity contribution in [2.24, 2.45) is 0 Å². The lowest BCUT2D eigenvalue weighted by Crippen LogP contribution is -2.46. The van der Waals surface area contributed by atoms with Crippen molar-refractivity contribution in [3.8, 4) is 0 Å². The number of carbonyl (C=O) groups is 1. The summed E-state index contributed by atoms with van der Waals surface area (Å²) in [6.07, 6.45) is 1.10. The first-order chi connectivity index (χ1) is 9.97. The minimum absolute atomic E-state index is 0.00290. The molecule has 1 saturated heterocycles. The van der Waals surface area contributed by atoms with Crippen molar-refractivity contribution in [3.05, 3.63) is 12.7 Å². The summed E-state index contributed by atoms with van der Waals surface area (Å²) < 4.78 is 7.15. The molecule has 9 nitrogen and oxygen atoms in total. The molecule has 1 aliphatic rings. The highest BCUT2D eigenvalue weighted by molar-refractivity contribution is 5.86. The van der Waals surface area contributed by atoms with Crippen LogP contribution < -0.4 is 5.73 Å². The van der Waals surface area contributed by atoms with Crippen LogP contribution in [0.3, 0.4) is 0 Å². The van der Waals surface area contributed by atoms with Crippen LogP contribution in [0.1, 0.15) is 19.6 Å². The third-order valence-electron chi connectivity index (χ3n) is 3.81. The number of ether oxygens (including phenoxy) is 1. The average molecular weight is 293 g/mol. The molecule has 0 aromatic carbocycles. The number of imidazole rings is 1. The van der Waals surface area contributed by atoms with Crippen molar-refractivity contribution in [3.63, 3.8) is 0 Å². The maximum absolute atomic E-state index is 11.7. The average Bonchev–Trinajstić information content (AvgIpc) is 3.01. The van der Waals surface area contributed by atoms with Gasteiger partial charge in [0.1, 0.15) is 24.2 Å². The minimum atomic E-state index is -1.73. The molecule has 0 unspecified atom stereocenters. The van der Waals surface area contributed by atoms with Gasteiger partial charge in [-0.25, -0.2) is 15.0 Å². The molecular formula is C12H15N5O4. The maximum Gasteiger partial charge on any atom is 0.167 e. The number of nitrogen functional groups attached to an aromatic ring is 1. The standard InChI is InChI=1S/C12H15N5O4/c1-6(19)12(20)2-8(21-7(12)3-18)17-5-16-9-10(13)14-4-15-11(9)17/h4-5,7-8,18,20H,2-3H2,1H3,(H2,13,14,15)/t7-,8-,12-/m1/s1. The number of anilines is 1. The van der Waals surface area contributed by atoms with E-state index in [2.05, 4.69) is 15.0 Å². The molecule has 9 heteroatoms. The summed E-state index contributed by atoms with van der Waals surface area (Å²) in [6, 6.07) is 0. The van der Waals surface area contributed by atoms with Crippen LogP contribution >= 0.6 is 0 Å². The van der Waals surface area contributed by atoms with E-state index in [1.807, 2.05) is 0 Å². The minimum Gasteiger partial charge on any atom is -0.394 e. The number of ketones is 1. The summed E-state index contributed by atoms with van der Waals surface area (Å²) in [5.74, 6) is -0.222. The smallest absolute Gasteiger partial charge is 0.167 e. The molecule has 21 heavy (non-hydrogen) atoms. The first-order valence-electron chi connectivity index (χ1n) is 6.40. The Kier molecular flexibility index (Phi) is 3.12. The fraction of sp³-hybridized carbons (Fsp3) is 0.500. The molecule has 0 radical (unpaired) electrons. The molecular weight excluding hydrogens is 278 g/mol. The van der Waals surface area contributed by atoms with Gasteiger partial charge in [-0.3, -0.25) is 9.36 Å². The molecule has 2 aromatic rings. The van der Waals surface area contributed by atoms with E-state index in [-0.39, 0.29) is 12.2 Å². The Hall–Kier alpha value is -2.10. The van der Waals surface area contributed by atoms with E-state index in [9.17, 15) is 15.0 Å². The van der Waals surface area contributed by atoms with Crippen molar-refractivity contribution in [1.82, 2.24) is 19.5 Å². The molecule has 0 saturated carbocycles. The number of fused-ring (bicyclic) bond motifs is 1. The maximum atomic E-state index is 11.7. The van der Waals surface area contributed by atoms with E-state index < -0.39 is 30.3 Å². The van der Waals surface area contributed by atoms with Gasteiger partial charge in [0.15, 0.2) is 22.8 Å². The second-order valence-corrected chi connectivity index (χ2v) is 5.03. The SMILES string of the molecule is CC(=O)[C@]1(O)C[C@H](n2cnc3c(N)ncnc32)O[C@@H]1CO. The van der Waals surface area contributed by atoms with Crippen molar-refractivity contribution in [2.75, 3.05) is 12.3 Å². The zero-order chi connectivity index (χ0) is 15.2. The molecule has 0 spiro atoms. The number of nitrogens with zero attached hydrogens (tertiary/aromatic N) is 4. The topological polar surface area (TPSA) is 136 Å². The fourth-order valence-corrected chi connectivity index (χ4v) is 2.56. The number of rotatable bonds is 3. The Labute approximate surface area is 119 Å². The number of hydrogen-bond acceptors (Lipinski definition) is 8. The van der Waals surface area contributed by atoms with Gasteiger partial charge in [-0.05, 0) is 6.92 Å². The number of aliphatic hydroxyl groups is 2. The number of nitrogens with two attached hydrogens (primary N) is 1. The predicted molar refractivity (Wildman–Crippen MR) is 71.0 cm³/mol. The third kappa shape index (κ3) is 1.97. The Morgan fingerprint density at radius 3 is 2.95 bits per heavy atom. The first kappa shape index (κ1) is 13.9. The van der Waals surface area contributed by atoms with E-state index >= 15 is 0 Å². The van der Waals surface area contributed by atoms with Crippen molar-refractivity contribution in [1.29, 1.82) is 0 Å². The fourth-order valence-electron chi connectivity index (χ4n) is 2.56. The van der Waals surface area contributed by atoms with Gasteiger partial charge in [-0.2, -0.15) is 0 Å². The Morgan fingerprint density at radius 2 is 2.33 bits per heavy atom. The largest absolute Gasteiger partial charge is 0.394 e. The predicted octanol–water partition coefficient (Wildman–Crippen LogP) is -0.992. The molecule has 0 aliphatic carbocycles. The quantitative estimate of drug-likeness (QED) is 0.656. The van der Waals surface area contributed by atoms with Gasteiger partial charge >= 0.3 is 0 Å². The Bertz CT molecular complexity index is 702.